The number of rotatable bonds is 7. The second-order valence-corrected chi connectivity index (χ2v) is 6.78. The van der Waals surface area contributed by atoms with E-state index in [-0.39, 0.29) is 17.0 Å². The minimum Gasteiger partial charge on any atom is -0.483 e. The number of non-ortho nitro benzene ring substituents is 1. The standard InChI is InChI=1S/C23H20N2O5/c1-15-6-8-17(9-7-15)22(26)16(2)30-21-12-10-19(11-13-21)24-23(27)18-4-3-5-20(14-18)25(28)29/h3-14,16H,1-2H3,(H,24,27). The van der Waals surface area contributed by atoms with Crippen molar-refractivity contribution in [2.24, 2.45) is 0 Å². The molecule has 1 atom stereocenters. The molecule has 7 heteroatoms. The molecule has 0 radical (unpaired) electrons. The van der Waals surface area contributed by atoms with E-state index in [1.54, 1.807) is 43.3 Å². The third-order valence-electron chi connectivity index (χ3n) is 4.45. The number of hydrogen-bond donors (Lipinski definition) is 1. The maximum atomic E-state index is 12.5. The fourth-order valence-corrected chi connectivity index (χ4v) is 2.79. The molecule has 1 amide bonds. The van der Waals surface area contributed by atoms with Gasteiger partial charge in [-0.1, -0.05) is 35.9 Å². The van der Waals surface area contributed by atoms with Gasteiger partial charge in [0.2, 0.25) is 5.78 Å². The van der Waals surface area contributed by atoms with Crippen LogP contribution in [0.1, 0.15) is 33.2 Å². The summed E-state index contributed by atoms with van der Waals surface area (Å²) in [5.41, 5.74) is 2.17. The Morgan fingerprint density at radius 3 is 2.27 bits per heavy atom. The maximum Gasteiger partial charge on any atom is 0.270 e. The van der Waals surface area contributed by atoms with E-state index in [0.29, 0.717) is 17.0 Å². The first kappa shape index (κ1) is 20.7. The predicted octanol–water partition coefficient (Wildman–Crippen LogP) is 4.81. The van der Waals surface area contributed by atoms with Gasteiger partial charge in [0.1, 0.15) is 5.75 Å². The van der Waals surface area contributed by atoms with E-state index in [4.69, 9.17) is 4.74 Å². The Balaban J connectivity index is 1.62. The van der Waals surface area contributed by atoms with Crippen molar-refractivity contribution in [1.82, 2.24) is 0 Å². The number of hydrogen-bond acceptors (Lipinski definition) is 5. The Morgan fingerprint density at radius 1 is 0.967 bits per heavy atom. The van der Waals surface area contributed by atoms with Crippen LogP contribution in [-0.2, 0) is 0 Å². The van der Waals surface area contributed by atoms with Crippen LogP contribution in [0.5, 0.6) is 5.75 Å². The van der Waals surface area contributed by atoms with E-state index in [9.17, 15) is 19.7 Å². The lowest BCUT2D eigenvalue weighted by Gasteiger charge is -2.14. The van der Waals surface area contributed by atoms with Gasteiger partial charge in [-0.2, -0.15) is 0 Å². The molecule has 0 aliphatic carbocycles. The Hall–Kier alpha value is -4.00. The van der Waals surface area contributed by atoms with E-state index < -0.39 is 16.9 Å². The van der Waals surface area contributed by atoms with E-state index in [2.05, 4.69) is 5.32 Å². The molecule has 7 nitrogen and oxygen atoms in total. The number of Topliss-reactive ketones (excluding diaryl/α,β-unsaturated/α-hetero) is 1. The Kier molecular flexibility index (Phi) is 6.22. The fraction of sp³-hybridized carbons (Fsp3) is 0.130. The van der Waals surface area contributed by atoms with Crippen LogP contribution in [0.3, 0.4) is 0 Å². The molecule has 0 spiro atoms. The number of nitro benzene ring substituents is 1. The number of aryl methyl sites for hydroxylation is 1. The normalized spacial score (nSPS) is 11.4. The summed E-state index contributed by atoms with van der Waals surface area (Å²) < 4.78 is 5.71. The number of carbonyl (C=O) groups is 2. The van der Waals surface area contributed by atoms with Gasteiger partial charge in [0.25, 0.3) is 11.6 Å². The molecular weight excluding hydrogens is 384 g/mol. The molecule has 3 aromatic rings. The first-order chi connectivity index (χ1) is 14.3. The zero-order valence-electron chi connectivity index (χ0n) is 16.5. The first-order valence-corrected chi connectivity index (χ1v) is 9.27. The van der Waals surface area contributed by atoms with Gasteiger partial charge in [0.15, 0.2) is 6.10 Å². The highest BCUT2D eigenvalue weighted by atomic mass is 16.6. The Morgan fingerprint density at radius 2 is 1.63 bits per heavy atom. The fourth-order valence-electron chi connectivity index (χ4n) is 2.79. The molecule has 30 heavy (non-hydrogen) atoms. The van der Waals surface area contributed by atoms with E-state index in [1.807, 2.05) is 19.1 Å². The van der Waals surface area contributed by atoms with E-state index in [0.717, 1.165) is 5.56 Å². The lowest BCUT2D eigenvalue weighted by molar-refractivity contribution is -0.384. The Bertz CT molecular complexity index is 1080. The highest BCUT2D eigenvalue weighted by molar-refractivity contribution is 6.04. The average molecular weight is 404 g/mol. The number of benzene rings is 3. The quantitative estimate of drug-likeness (QED) is 0.346. The summed E-state index contributed by atoms with van der Waals surface area (Å²) >= 11 is 0. The number of ether oxygens (including phenoxy) is 1. The molecule has 1 N–H and O–H groups in total. The smallest absolute Gasteiger partial charge is 0.270 e. The van der Waals surface area contributed by atoms with Crippen LogP contribution in [-0.4, -0.2) is 22.7 Å². The molecule has 0 saturated heterocycles. The van der Waals surface area contributed by atoms with Crippen molar-refractivity contribution in [3.8, 4) is 5.75 Å². The molecule has 0 aromatic heterocycles. The number of nitrogens with zero attached hydrogens (tertiary/aromatic N) is 1. The summed E-state index contributed by atoms with van der Waals surface area (Å²) in [5, 5.41) is 13.5. The zero-order valence-corrected chi connectivity index (χ0v) is 16.5. The molecule has 0 fully saturated rings. The number of ketones is 1. The summed E-state index contributed by atoms with van der Waals surface area (Å²) in [6, 6.07) is 19.3. The van der Waals surface area contributed by atoms with Crippen LogP contribution in [0.25, 0.3) is 0 Å². The largest absolute Gasteiger partial charge is 0.483 e. The lowest BCUT2D eigenvalue weighted by atomic mass is 10.1. The monoisotopic (exact) mass is 404 g/mol. The molecule has 152 valence electrons. The first-order valence-electron chi connectivity index (χ1n) is 9.27. The van der Waals surface area contributed by atoms with Crippen LogP contribution < -0.4 is 10.1 Å². The molecule has 3 rings (SSSR count). The van der Waals surface area contributed by atoms with Gasteiger partial charge in [-0.05, 0) is 44.2 Å². The molecule has 0 heterocycles. The maximum absolute atomic E-state index is 12.5. The molecule has 0 bridgehead atoms. The molecule has 0 aliphatic rings. The second kappa shape index (κ2) is 9.00. The summed E-state index contributed by atoms with van der Waals surface area (Å²) in [6.07, 6.45) is -0.669. The van der Waals surface area contributed by atoms with Gasteiger partial charge in [0, 0.05) is 28.9 Å². The predicted molar refractivity (Wildman–Crippen MR) is 113 cm³/mol. The Labute approximate surface area is 173 Å². The summed E-state index contributed by atoms with van der Waals surface area (Å²) in [7, 11) is 0. The van der Waals surface area contributed by atoms with Crippen molar-refractivity contribution in [2.75, 3.05) is 5.32 Å². The minimum atomic E-state index is -0.669. The van der Waals surface area contributed by atoms with Crippen molar-refractivity contribution in [3.05, 3.63) is 99.6 Å². The topological polar surface area (TPSA) is 98.5 Å². The number of amides is 1. The molecule has 3 aromatic carbocycles. The van der Waals surface area contributed by atoms with Crippen molar-refractivity contribution in [3.63, 3.8) is 0 Å². The van der Waals surface area contributed by atoms with Crippen molar-refractivity contribution in [2.45, 2.75) is 20.0 Å². The van der Waals surface area contributed by atoms with Gasteiger partial charge >= 0.3 is 0 Å². The van der Waals surface area contributed by atoms with Gasteiger partial charge in [-0.25, -0.2) is 0 Å². The highest BCUT2D eigenvalue weighted by Crippen LogP contribution is 2.20. The molecule has 1 unspecified atom stereocenters. The molecule has 0 saturated carbocycles. The molecular formula is C23H20N2O5. The van der Waals surface area contributed by atoms with Crippen LogP contribution in [0.4, 0.5) is 11.4 Å². The van der Waals surface area contributed by atoms with Gasteiger partial charge in [0.05, 0.1) is 4.92 Å². The number of carbonyl (C=O) groups excluding carboxylic acids is 2. The minimum absolute atomic E-state index is 0.127. The van der Waals surface area contributed by atoms with Crippen LogP contribution >= 0.6 is 0 Å². The van der Waals surface area contributed by atoms with E-state index >= 15 is 0 Å². The van der Waals surface area contributed by atoms with Gasteiger partial charge < -0.3 is 10.1 Å². The highest BCUT2D eigenvalue weighted by Gasteiger charge is 2.17. The third kappa shape index (κ3) is 5.08. The van der Waals surface area contributed by atoms with Crippen LogP contribution in [0, 0.1) is 17.0 Å². The number of nitrogens with one attached hydrogen (secondary N) is 1. The van der Waals surface area contributed by atoms with Gasteiger partial charge in [-0.15, -0.1) is 0 Å². The summed E-state index contributed by atoms with van der Waals surface area (Å²) in [6.45, 7) is 3.63. The molecule has 0 aliphatic heterocycles. The lowest BCUT2D eigenvalue weighted by Crippen LogP contribution is -2.23. The van der Waals surface area contributed by atoms with Crippen LogP contribution in [0.2, 0.25) is 0 Å². The van der Waals surface area contributed by atoms with Crippen LogP contribution in [0.15, 0.2) is 72.8 Å². The average Bonchev–Trinajstić information content (AvgIpc) is 2.75. The number of anilines is 1. The van der Waals surface area contributed by atoms with E-state index in [1.165, 1.54) is 24.3 Å². The summed E-state index contributed by atoms with van der Waals surface area (Å²) in [4.78, 5) is 35.1. The number of nitro groups is 1. The second-order valence-electron chi connectivity index (χ2n) is 6.78. The van der Waals surface area contributed by atoms with Crippen molar-refractivity contribution in [1.29, 1.82) is 0 Å². The van der Waals surface area contributed by atoms with Crippen molar-refractivity contribution < 1.29 is 19.2 Å². The zero-order chi connectivity index (χ0) is 21.7. The van der Waals surface area contributed by atoms with Crippen molar-refractivity contribution >= 4 is 23.1 Å². The SMILES string of the molecule is Cc1ccc(C(=O)C(C)Oc2ccc(NC(=O)c3cccc([N+](=O)[O-])c3)cc2)cc1. The van der Waals surface area contributed by atoms with Gasteiger partial charge in [-0.3, -0.25) is 19.7 Å². The third-order valence-corrected chi connectivity index (χ3v) is 4.45. The summed E-state index contributed by atoms with van der Waals surface area (Å²) in [5.74, 6) is -0.107.